The van der Waals surface area contributed by atoms with Gasteiger partial charge in [0.1, 0.15) is 0 Å². The van der Waals surface area contributed by atoms with Gasteiger partial charge < -0.3 is 15.1 Å². The molecular weight excluding hydrogens is 302 g/mol. The number of nitrogens with zero attached hydrogens (tertiary/aromatic N) is 2. The van der Waals surface area contributed by atoms with E-state index < -0.39 is 0 Å². The molecule has 1 aromatic carbocycles. The minimum atomic E-state index is 0.0843. The Morgan fingerprint density at radius 1 is 1.12 bits per heavy atom. The van der Waals surface area contributed by atoms with Crippen LogP contribution in [0.1, 0.15) is 49.9 Å². The Morgan fingerprint density at radius 2 is 1.79 bits per heavy atom. The monoisotopic (exact) mass is 331 g/mol. The number of nitrogens with one attached hydrogen (secondary N) is 1. The van der Waals surface area contributed by atoms with Gasteiger partial charge >= 0.3 is 0 Å². The van der Waals surface area contributed by atoms with E-state index in [4.69, 9.17) is 0 Å². The maximum Gasteiger partial charge on any atom is 0.253 e. The standard InChI is InChI=1S/C19H29N3O2/c1-3-10-21(11-4-2)18(23)15-20-17-9-7-8-16(14-17)19(24)22-12-5-6-13-22/h7-9,14,20H,3-6,10-13,15H2,1-2H3. The van der Waals surface area contributed by atoms with Crippen LogP contribution in [0.3, 0.4) is 0 Å². The number of carbonyl (C=O) groups excluding carboxylic acids is 2. The summed E-state index contributed by atoms with van der Waals surface area (Å²) in [4.78, 5) is 28.5. The molecule has 0 saturated carbocycles. The molecule has 1 saturated heterocycles. The van der Waals surface area contributed by atoms with Crippen molar-refractivity contribution >= 4 is 17.5 Å². The molecule has 1 N–H and O–H groups in total. The van der Waals surface area contributed by atoms with E-state index in [0.29, 0.717) is 5.56 Å². The molecule has 132 valence electrons. The first-order valence-corrected chi connectivity index (χ1v) is 9.06. The zero-order valence-corrected chi connectivity index (χ0v) is 14.9. The number of likely N-dealkylation sites (tertiary alicyclic amines) is 1. The van der Waals surface area contributed by atoms with Gasteiger partial charge in [-0.15, -0.1) is 0 Å². The van der Waals surface area contributed by atoms with Gasteiger partial charge in [0.2, 0.25) is 5.91 Å². The Labute approximate surface area is 145 Å². The van der Waals surface area contributed by atoms with Gasteiger partial charge in [0.05, 0.1) is 6.54 Å². The predicted molar refractivity (Wildman–Crippen MR) is 97.2 cm³/mol. The van der Waals surface area contributed by atoms with E-state index in [9.17, 15) is 9.59 Å². The first-order chi connectivity index (χ1) is 11.7. The van der Waals surface area contributed by atoms with E-state index in [1.807, 2.05) is 34.1 Å². The molecule has 1 fully saturated rings. The fourth-order valence-electron chi connectivity index (χ4n) is 3.06. The minimum Gasteiger partial charge on any atom is -0.376 e. The van der Waals surface area contributed by atoms with Gasteiger partial charge in [-0.1, -0.05) is 19.9 Å². The molecule has 0 radical (unpaired) electrons. The molecule has 0 spiro atoms. The molecule has 1 heterocycles. The van der Waals surface area contributed by atoms with Crippen LogP contribution in [0, 0.1) is 0 Å². The lowest BCUT2D eigenvalue weighted by Gasteiger charge is -2.22. The summed E-state index contributed by atoms with van der Waals surface area (Å²) in [6.07, 6.45) is 4.10. The van der Waals surface area contributed by atoms with Gasteiger partial charge in [0, 0.05) is 37.4 Å². The molecule has 0 bridgehead atoms. The van der Waals surface area contributed by atoms with Crippen molar-refractivity contribution in [3.63, 3.8) is 0 Å². The molecule has 0 unspecified atom stereocenters. The number of amides is 2. The van der Waals surface area contributed by atoms with Crippen LogP contribution in [0.5, 0.6) is 0 Å². The highest BCUT2D eigenvalue weighted by molar-refractivity contribution is 5.95. The lowest BCUT2D eigenvalue weighted by Crippen LogP contribution is -2.36. The Balaban J connectivity index is 1.93. The average Bonchev–Trinajstić information content (AvgIpc) is 3.13. The van der Waals surface area contributed by atoms with Crippen molar-refractivity contribution in [1.29, 1.82) is 0 Å². The van der Waals surface area contributed by atoms with E-state index in [0.717, 1.165) is 57.5 Å². The van der Waals surface area contributed by atoms with Crippen molar-refractivity contribution in [3.05, 3.63) is 29.8 Å². The van der Waals surface area contributed by atoms with Crippen molar-refractivity contribution in [2.75, 3.05) is 38.0 Å². The highest BCUT2D eigenvalue weighted by Crippen LogP contribution is 2.16. The second-order valence-corrected chi connectivity index (χ2v) is 6.31. The fourth-order valence-corrected chi connectivity index (χ4v) is 3.06. The summed E-state index contributed by atoms with van der Waals surface area (Å²) in [5.74, 6) is 0.191. The van der Waals surface area contributed by atoms with E-state index in [1.165, 1.54) is 0 Å². The van der Waals surface area contributed by atoms with E-state index in [1.54, 1.807) is 0 Å². The van der Waals surface area contributed by atoms with Crippen molar-refractivity contribution < 1.29 is 9.59 Å². The summed E-state index contributed by atoms with van der Waals surface area (Å²) in [5, 5.41) is 3.17. The fraction of sp³-hybridized carbons (Fsp3) is 0.579. The molecule has 2 amide bonds. The second kappa shape index (κ2) is 9.30. The molecule has 1 aromatic rings. The number of rotatable bonds is 8. The highest BCUT2D eigenvalue weighted by atomic mass is 16.2. The quantitative estimate of drug-likeness (QED) is 0.797. The smallest absolute Gasteiger partial charge is 0.253 e. The van der Waals surface area contributed by atoms with Gasteiger partial charge in [0.15, 0.2) is 0 Å². The minimum absolute atomic E-state index is 0.0843. The summed E-state index contributed by atoms with van der Waals surface area (Å²) in [6.45, 7) is 7.70. The second-order valence-electron chi connectivity index (χ2n) is 6.31. The maximum absolute atomic E-state index is 12.4. The summed E-state index contributed by atoms with van der Waals surface area (Å²) in [5.41, 5.74) is 1.51. The summed E-state index contributed by atoms with van der Waals surface area (Å²) in [7, 11) is 0. The Morgan fingerprint density at radius 3 is 2.42 bits per heavy atom. The first kappa shape index (κ1) is 18.3. The van der Waals surface area contributed by atoms with Gasteiger partial charge in [-0.3, -0.25) is 9.59 Å². The molecular formula is C19H29N3O2. The van der Waals surface area contributed by atoms with Crippen LogP contribution < -0.4 is 5.32 Å². The summed E-state index contributed by atoms with van der Waals surface area (Å²) in [6, 6.07) is 7.45. The topological polar surface area (TPSA) is 52.7 Å². The zero-order valence-electron chi connectivity index (χ0n) is 14.9. The Bertz CT molecular complexity index is 547. The first-order valence-electron chi connectivity index (χ1n) is 9.06. The lowest BCUT2D eigenvalue weighted by molar-refractivity contribution is -0.129. The van der Waals surface area contributed by atoms with Gasteiger partial charge in [0.25, 0.3) is 5.91 Å². The van der Waals surface area contributed by atoms with Crippen molar-refractivity contribution in [3.8, 4) is 0 Å². The number of hydrogen-bond donors (Lipinski definition) is 1. The van der Waals surface area contributed by atoms with Crippen molar-refractivity contribution in [2.45, 2.75) is 39.5 Å². The summed E-state index contributed by atoms with van der Waals surface area (Å²) < 4.78 is 0. The highest BCUT2D eigenvalue weighted by Gasteiger charge is 2.19. The number of hydrogen-bond acceptors (Lipinski definition) is 3. The molecule has 0 atom stereocenters. The predicted octanol–water partition coefficient (Wildman–Crippen LogP) is 2.98. The number of anilines is 1. The zero-order chi connectivity index (χ0) is 17.4. The third-order valence-corrected chi connectivity index (χ3v) is 4.29. The maximum atomic E-state index is 12.4. The molecule has 1 aliphatic rings. The van der Waals surface area contributed by atoms with Crippen LogP contribution in [-0.4, -0.2) is 54.3 Å². The van der Waals surface area contributed by atoms with Gasteiger partial charge in [-0.05, 0) is 43.9 Å². The average molecular weight is 331 g/mol. The molecule has 2 rings (SSSR count). The van der Waals surface area contributed by atoms with Crippen LogP contribution in [0.4, 0.5) is 5.69 Å². The Kier molecular flexibility index (Phi) is 7.09. The van der Waals surface area contributed by atoms with Crippen LogP contribution in [0.25, 0.3) is 0 Å². The molecule has 1 aliphatic heterocycles. The Hall–Kier alpha value is -2.04. The molecule has 0 aromatic heterocycles. The van der Waals surface area contributed by atoms with Crippen LogP contribution in [-0.2, 0) is 4.79 Å². The molecule has 5 nitrogen and oxygen atoms in total. The van der Waals surface area contributed by atoms with E-state index in [-0.39, 0.29) is 18.4 Å². The van der Waals surface area contributed by atoms with Crippen molar-refractivity contribution in [1.82, 2.24) is 9.80 Å². The van der Waals surface area contributed by atoms with Crippen LogP contribution in [0.2, 0.25) is 0 Å². The van der Waals surface area contributed by atoms with E-state index in [2.05, 4.69) is 19.2 Å². The number of carbonyl (C=O) groups is 2. The SMILES string of the molecule is CCCN(CCC)C(=O)CNc1cccc(C(=O)N2CCCC2)c1. The normalized spacial score (nSPS) is 13.8. The molecule has 0 aliphatic carbocycles. The van der Waals surface area contributed by atoms with E-state index >= 15 is 0 Å². The van der Waals surface area contributed by atoms with Crippen molar-refractivity contribution in [2.24, 2.45) is 0 Å². The third kappa shape index (κ3) is 4.98. The summed E-state index contributed by atoms with van der Waals surface area (Å²) >= 11 is 0. The molecule has 5 heteroatoms. The van der Waals surface area contributed by atoms with Gasteiger partial charge in [-0.25, -0.2) is 0 Å². The van der Waals surface area contributed by atoms with Crippen LogP contribution >= 0.6 is 0 Å². The largest absolute Gasteiger partial charge is 0.376 e. The van der Waals surface area contributed by atoms with Gasteiger partial charge in [-0.2, -0.15) is 0 Å². The lowest BCUT2D eigenvalue weighted by atomic mass is 10.1. The van der Waals surface area contributed by atoms with Crippen LogP contribution in [0.15, 0.2) is 24.3 Å². The number of benzene rings is 1. The third-order valence-electron chi connectivity index (χ3n) is 4.29. The molecule has 24 heavy (non-hydrogen) atoms.